The van der Waals surface area contributed by atoms with Crippen LogP contribution in [0.15, 0.2) is 0 Å². The fourth-order valence-electron chi connectivity index (χ4n) is 0.872. The van der Waals surface area contributed by atoms with Gasteiger partial charge in [-0.05, 0) is 29.5 Å². The summed E-state index contributed by atoms with van der Waals surface area (Å²) < 4.78 is 0. The number of nitrogens with one attached hydrogen (secondary N) is 2. The Bertz CT molecular complexity index is 198. The molecule has 0 saturated carbocycles. The Hall–Kier alpha value is -0.310. The van der Waals surface area contributed by atoms with Crippen LogP contribution in [-0.2, 0) is 0 Å². The van der Waals surface area contributed by atoms with Gasteiger partial charge in [0.1, 0.15) is 0 Å². The van der Waals surface area contributed by atoms with E-state index in [-0.39, 0.29) is 5.41 Å². The predicted octanol–water partition coefficient (Wildman–Crippen LogP) is 2.79. The summed E-state index contributed by atoms with van der Waals surface area (Å²) in [5.74, 6) is 1.28. The SMILES string of the molecule is CC(C)CNC(=S)NCC(C)(C)C(C)C. The van der Waals surface area contributed by atoms with Crippen molar-refractivity contribution in [2.24, 2.45) is 17.3 Å². The summed E-state index contributed by atoms with van der Waals surface area (Å²) in [5, 5.41) is 7.27. The molecule has 90 valence electrons. The van der Waals surface area contributed by atoms with Gasteiger partial charge in [0.2, 0.25) is 0 Å². The molecule has 0 aromatic carbocycles. The van der Waals surface area contributed by atoms with Crippen molar-refractivity contribution < 1.29 is 0 Å². The van der Waals surface area contributed by atoms with Crippen molar-refractivity contribution in [1.82, 2.24) is 10.6 Å². The molecule has 2 nitrogen and oxygen atoms in total. The summed E-state index contributed by atoms with van der Waals surface area (Å²) >= 11 is 5.20. The van der Waals surface area contributed by atoms with Crippen LogP contribution in [0, 0.1) is 17.3 Å². The topological polar surface area (TPSA) is 24.1 Å². The van der Waals surface area contributed by atoms with E-state index in [4.69, 9.17) is 12.2 Å². The third kappa shape index (κ3) is 6.72. The number of hydrogen-bond donors (Lipinski definition) is 2. The van der Waals surface area contributed by atoms with Crippen LogP contribution >= 0.6 is 12.2 Å². The maximum atomic E-state index is 5.20. The van der Waals surface area contributed by atoms with E-state index in [1.807, 2.05) is 0 Å². The number of rotatable bonds is 5. The molecule has 0 aliphatic carbocycles. The van der Waals surface area contributed by atoms with Gasteiger partial charge in [-0.3, -0.25) is 0 Å². The van der Waals surface area contributed by atoms with Gasteiger partial charge in [-0.1, -0.05) is 41.5 Å². The van der Waals surface area contributed by atoms with Crippen molar-refractivity contribution in [3.05, 3.63) is 0 Å². The molecular weight excluding hydrogens is 204 g/mol. The van der Waals surface area contributed by atoms with Gasteiger partial charge < -0.3 is 10.6 Å². The average molecular weight is 230 g/mol. The van der Waals surface area contributed by atoms with Crippen LogP contribution in [-0.4, -0.2) is 18.2 Å². The van der Waals surface area contributed by atoms with Gasteiger partial charge >= 0.3 is 0 Å². The van der Waals surface area contributed by atoms with Crippen LogP contribution in [0.1, 0.15) is 41.5 Å². The van der Waals surface area contributed by atoms with E-state index in [1.165, 1.54) is 0 Å². The zero-order valence-corrected chi connectivity index (χ0v) is 11.8. The quantitative estimate of drug-likeness (QED) is 0.710. The minimum Gasteiger partial charge on any atom is -0.362 e. The highest BCUT2D eigenvalue weighted by atomic mass is 32.1. The molecule has 15 heavy (non-hydrogen) atoms. The van der Waals surface area contributed by atoms with E-state index in [2.05, 4.69) is 52.2 Å². The molecule has 0 atom stereocenters. The lowest BCUT2D eigenvalue weighted by molar-refractivity contribution is 0.251. The highest BCUT2D eigenvalue weighted by molar-refractivity contribution is 7.80. The molecule has 0 amide bonds. The molecule has 0 heterocycles. The van der Waals surface area contributed by atoms with Crippen molar-refractivity contribution in [2.75, 3.05) is 13.1 Å². The zero-order valence-electron chi connectivity index (χ0n) is 11.0. The van der Waals surface area contributed by atoms with Crippen molar-refractivity contribution >= 4 is 17.3 Å². The highest BCUT2D eigenvalue weighted by Crippen LogP contribution is 2.24. The van der Waals surface area contributed by atoms with Crippen LogP contribution in [0.25, 0.3) is 0 Å². The van der Waals surface area contributed by atoms with Crippen LogP contribution in [0.2, 0.25) is 0 Å². The maximum Gasteiger partial charge on any atom is 0.166 e. The van der Waals surface area contributed by atoms with Crippen LogP contribution < -0.4 is 10.6 Å². The van der Waals surface area contributed by atoms with Gasteiger partial charge in [-0.15, -0.1) is 0 Å². The van der Waals surface area contributed by atoms with Crippen molar-refractivity contribution in [3.63, 3.8) is 0 Å². The first kappa shape index (κ1) is 14.7. The molecule has 0 radical (unpaired) electrons. The molecule has 2 N–H and O–H groups in total. The molecule has 0 aromatic heterocycles. The maximum absolute atomic E-state index is 5.20. The van der Waals surface area contributed by atoms with E-state index >= 15 is 0 Å². The summed E-state index contributed by atoms with van der Waals surface area (Å²) in [7, 11) is 0. The van der Waals surface area contributed by atoms with Crippen molar-refractivity contribution in [3.8, 4) is 0 Å². The van der Waals surface area contributed by atoms with Gasteiger partial charge in [0.25, 0.3) is 0 Å². The Kier molecular flexibility index (Phi) is 6.18. The predicted molar refractivity (Wildman–Crippen MR) is 72.1 cm³/mol. The smallest absolute Gasteiger partial charge is 0.166 e. The summed E-state index contributed by atoms with van der Waals surface area (Å²) in [6, 6.07) is 0. The minimum absolute atomic E-state index is 0.281. The molecule has 0 unspecified atom stereocenters. The second-order valence-electron chi connectivity index (χ2n) is 5.60. The second kappa shape index (κ2) is 6.31. The summed E-state index contributed by atoms with van der Waals surface area (Å²) in [5.41, 5.74) is 0.281. The standard InChI is InChI=1S/C12H26N2S/c1-9(2)7-13-11(15)14-8-12(5,6)10(3)4/h9-10H,7-8H2,1-6H3,(H2,13,14,15). The van der Waals surface area contributed by atoms with Crippen LogP contribution in [0.5, 0.6) is 0 Å². The van der Waals surface area contributed by atoms with Gasteiger partial charge in [0.15, 0.2) is 5.11 Å². The molecule has 0 aliphatic heterocycles. The molecule has 0 saturated heterocycles. The third-order valence-corrected chi connectivity index (χ3v) is 3.23. The molecule has 0 spiro atoms. The zero-order chi connectivity index (χ0) is 12.1. The van der Waals surface area contributed by atoms with Crippen LogP contribution in [0.4, 0.5) is 0 Å². The molecule has 0 bridgehead atoms. The Morgan fingerprint density at radius 2 is 1.67 bits per heavy atom. The first-order valence-electron chi connectivity index (χ1n) is 5.77. The molecule has 0 fully saturated rings. The molecule has 0 rings (SSSR count). The molecule has 3 heteroatoms. The van der Waals surface area contributed by atoms with Crippen molar-refractivity contribution in [2.45, 2.75) is 41.5 Å². The van der Waals surface area contributed by atoms with Gasteiger partial charge in [-0.2, -0.15) is 0 Å². The lowest BCUT2D eigenvalue weighted by atomic mass is 9.81. The average Bonchev–Trinajstić information content (AvgIpc) is 2.11. The number of hydrogen-bond acceptors (Lipinski definition) is 1. The van der Waals surface area contributed by atoms with Crippen LogP contribution in [0.3, 0.4) is 0 Å². The fraction of sp³-hybridized carbons (Fsp3) is 0.917. The fourth-order valence-corrected chi connectivity index (χ4v) is 1.03. The molecule has 0 aromatic rings. The van der Waals surface area contributed by atoms with E-state index < -0.39 is 0 Å². The second-order valence-corrected chi connectivity index (χ2v) is 6.01. The lowest BCUT2D eigenvalue weighted by Gasteiger charge is -2.30. The first-order chi connectivity index (χ1) is 6.75. The third-order valence-electron chi connectivity index (χ3n) is 2.94. The Morgan fingerprint density at radius 3 is 2.07 bits per heavy atom. The molecule has 0 aliphatic rings. The number of thiocarbonyl (C=S) groups is 1. The highest BCUT2D eigenvalue weighted by Gasteiger charge is 2.22. The van der Waals surface area contributed by atoms with Gasteiger partial charge in [-0.25, -0.2) is 0 Å². The monoisotopic (exact) mass is 230 g/mol. The minimum atomic E-state index is 0.281. The normalized spacial score (nSPS) is 12.0. The largest absolute Gasteiger partial charge is 0.362 e. The Labute approximate surface area is 100 Å². The van der Waals surface area contributed by atoms with E-state index in [0.717, 1.165) is 18.2 Å². The van der Waals surface area contributed by atoms with Crippen molar-refractivity contribution in [1.29, 1.82) is 0 Å². The summed E-state index contributed by atoms with van der Waals surface area (Å²) in [4.78, 5) is 0. The van der Waals surface area contributed by atoms with Gasteiger partial charge in [0.05, 0.1) is 0 Å². The van der Waals surface area contributed by atoms with E-state index in [0.29, 0.717) is 11.8 Å². The lowest BCUT2D eigenvalue weighted by Crippen LogP contribution is -2.43. The van der Waals surface area contributed by atoms with Gasteiger partial charge in [0, 0.05) is 13.1 Å². The Balaban J connectivity index is 3.80. The summed E-state index contributed by atoms with van der Waals surface area (Å²) in [6.45, 7) is 15.2. The van der Waals surface area contributed by atoms with E-state index in [9.17, 15) is 0 Å². The Morgan fingerprint density at radius 1 is 1.13 bits per heavy atom. The summed E-state index contributed by atoms with van der Waals surface area (Å²) in [6.07, 6.45) is 0. The first-order valence-corrected chi connectivity index (χ1v) is 6.18. The van der Waals surface area contributed by atoms with E-state index in [1.54, 1.807) is 0 Å². The molecular formula is C12H26N2S.